The van der Waals surface area contributed by atoms with Gasteiger partial charge in [-0.3, -0.25) is 0 Å². The van der Waals surface area contributed by atoms with Crippen LogP contribution in [0.1, 0.15) is 25.3 Å². The van der Waals surface area contributed by atoms with Crippen molar-refractivity contribution >= 4 is 0 Å². The maximum atomic E-state index is 9.97. The summed E-state index contributed by atoms with van der Waals surface area (Å²) in [5, 5.41) is 9.97. The maximum absolute atomic E-state index is 9.97. The van der Waals surface area contributed by atoms with E-state index in [-0.39, 0.29) is 23.1 Å². The number of hydrogen-bond acceptors (Lipinski definition) is 3. The molecule has 15 heavy (non-hydrogen) atoms. The molecule has 0 unspecified atom stereocenters. The lowest BCUT2D eigenvalue weighted by atomic mass is 10.0. The zero-order chi connectivity index (χ0) is 11.2. The molecular weight excluding hydrogens is 190 g/mol. The highest BCUT2D eigenvalue weighted by atomic mass is 16.5. The van der Waals surface area contributed by atoms with E-state index in [2.05, 4.69) is 13.8 Å². The second-order valence-electron chi connectivity index (χ2n) is 4.72. The van der Waals surface area contributed by atoms with Crippen molar-refractivity contribution in [2.75, 3.05) is 7.11 Å². The third-order valence-corrected chi connectivity index (χ3v) is 3.50. The number of ether oxygens (including phenoxy) is 1. The number of phenols is 1. The molecule has 1 aliphatic rings. The van der Waals surface area contributed by atoms with Gasteiger partial charge in [0.05, 0.1) is 7.11 Å². The van der Waals surface area contributed by atoms with Crippen LogP contribution in [0.3, 0.4) is 0 Å². The zero-order valence-electron chi connectivity index (χ0n) is 9.32. The van der Waals surface area contributed by atoms with Crippen LogP contribution >= 0.6 is 0 Å². The number of para-hydroxylation sites is 1. The van der Waals surface area contributed by atoms with Crippen molar-refractivity contribution in [1.82, 2.24) is 0 Å². The minimum absolute atomic E-state index is 0.0733. The second kappa shape index (κ2) is 3.14. The smallest absolute Gasteiger partial charge is 0.161 e. The topological polar surface area (TPSA) is 55.5 Å². The molecule has 0 spiro atoms. The molecule has 3 nitrogen and oxygen atoms in total. The number of nitrogens with two attached hydrogens (primary N) is 1. The molecule has 82 valence electrons. The van der Waals surface area contributed by atoms with E-state index in [0.717, 1.165) is 5.56 Å². The lowest BCUT2D eigenvalue weighted by Crippen LogP contribution is -2.06. The third-order valence-electron chi connectivity index (χ3n) is 3.50. The number of hydrogen-bond donors (Lipinski definition) is 2. The van der Waals surface area contributed by atoms with Crippen LogP contribution in [-0.2, 0) is 0 Å². The number of phenolic OH excluding ortho intramolecular Hbond substituents is 1. The second-order valence-corrected chi connectivity index (χ2v) is 4.72. The quantitative estimate of drug-likeness (QED) is 0.778. The molecular formula is C12H17NO2. The number of rotatable bonds is 2. The summed E-state index contributed by atoms with van der Waals surface area (Å²) in [5.74, 6) is 0.973. The summed E-state index contributed by atoms with van der Waals surface area (Å²) in [6.07, 6.45) is 0. The molecule has 0 saturated heterocycles. The molecule has 0 heterocycles. The summed E-state index contributed by atoms with van der Waals surface area (Å²) in [6, 6.07) is 5.67. The lowest BCUT2D eigenvalue weighted by Gasteiger charge is -2.09. The fraction of sp³-hybridized carbons (Fsp3) is 0.500. The molecule has 1 fully saturated rings. The van der Waals surface area contributed by atoms with Gasteiger partial charge in [-0.25, -0.2) is 0 Å². The van der Waals surface area contributed by atoms with Crippen molar-refractivity contribution in [3.05, 3.63) is 23.8 Å². The standard InChI is InChI=1S/C12H17NO2/c1-12(2)9(11(12)13)7-5-4-6-8(15-3)10(7)14/h4-6,9,11,14H,13H2,1-3H3/t9-,11-/m0/s1. The van der Waals surface area contributed by atoms with E-state index < -0.39 is 0 Å². The molecule has 1 aliphatic carbocycles. The Morgan fingerprint density at radius 1 is 1.40 bits per heavy atom. The van der Waals surface area contributed by atoms with Crippen LogP contribution in [0.15, 0.2) is 18.2 Å². The molecule has 1 aromatic rings. The van der Waals surface area contributed by atoms with E-state index in [1.165, 1.54) is 0 Å². The largest absolute Gasteiger partial charge is 0.504 e. The monoisotopic (exact) mass is 207 g/mol. The first-order chi connectivity index (χ1) is 7.00. The minimum atomic E-state index is 0.0733. The maximum Gasteiger partial charge on any atom is 0.161 e. The lowest BCUT2D eigenvalue weighted by molar-refractivity contribution is 0.369. The molecule has 0 radical (unpaired) electrons. The summed E-state index contributed by atoms with van der Waals surface area (Å²) in [7, 11) is 1.55. The van der Waals surface area contributed by atoms with E-state index in [9.17, 15) is 5.11 Å². The van der Waals surface area contributed by atoms with Gasteiger partial charge in [-0.05, 0) is 11.5 Å². The van der Waals surface area contributed by atoms with Gasteiger partial charge in [-0.2, -0.15) is 0 Å². The van der Waals surface area contributed by atoms with E-state index in [4.69, 9.17) is 10.5 Å². The van der Waals surface area contributed by atoms with Crippen molar-refractivity contribution in [3.8, 4) is 11.5 Å². The summed E-state index contributed by atoms with van der Waals surface area (Å²) < 4.78 is 5.08. The van der Waals surface area contributed by atoms with E-state index >= 15 is 0 Å². The Morgan fingerprint density at radius 3 is 2.47 bits per heavy atom. The molecule has 0 aliphatic heterocycles. The Bertz CT molecular complexity index is 387. The molecule has 0 bridgehead atoms. The molecule has 2 atom stereocenters. The highest BCUT2D eigenvalue weighted by molar-refractivity contribution is 5.51. The van der Waals surface area contributed by atoms with Crippen molar-refractivity contribution in [3.63, 3.8) is 0 Å². The Kier molecular flexibility index (Phi) is 2.15. The first-order valence-corrected chi connectivity index (χ1v) is 5.11. The van der Waals surface area contributed by atoms with Gasteiger partial charge in [0.15, 0.2) is 11.5 Å². The van der Waals surface area contributed by atoms with Crippen LogP contribution in [0.2, 0.25) is 0 Å². The van der Waals surface area contributed by atoms with Crippen LogP contribution in [0.4, 0.5) is 0 Å². The highest BCUT2D eigenvalue weighted by Crippen LogP contribution is 2.59. The highest BCUT2D eigenvalue weighted by Gasteiger charge is 2.57. The Balaban J connectivity index is 2.39. The fourth-order valence-corrected chi connectivity index (χ4v) is 2.23. The molecule has 2 rings (SSSR count). The van der Waals surface area contributed by atoms with E-state index in [0.29, 0.717) is 5.75 Å². The van der Waals surface area contributed by atoms with Crippen molar-refractivity contribution in [2.24, 2.45) is 11.1 Å². The average molecular weight is 207 g/mol. The molecule has 3 heteroatoms. The number of aromatic hydroxyl groups is 1. The number of methoxy groups -OCH3 is 1. The molecule has 0 amide bonds. The van der Waals surface area contributed by atoms with Gasteiger partial charge >= 0.3 is 0 Å². The van der Waals surface area contributed by atoms with Crippen LogP contribution in [0.25, 0.3) is 0 Å². The van der Waals surface area contributed by atoms with Gasteiger partial charge < -0.3 is 15.6 Å². The molecule has 1 aromatic carbocycles. The first-order valence-electron chi connectivity index (χ1n) is 5.11. The summed E-state index contributed by atoms with van der Waals surface area (Å²) in [5.41, 5.74) is 6.95. The van der Waals surface area contributed by atoms with E-state index in [1.807, 2.05) is 12.1 Å². The zero-order valence-corrected chi connectivity index (χ0v) is 9.32. The first kappa shape index (κ1) is 10.3. The summed E-state index contributed by atoms with van der Waals surface area (Å²) in [6.45, 7) is 4.22. The molecule has 3 N–H and O–H groups in total. The van der Waals surface area contributed by atoms with Crippen molar-refractivity contribution < 1.29 is 9.84 Å². The minimum Gasteiger partial charge on any atom is -0.504 e. The molecule has 0 aromatic heterocycles. The van der Waals surface area contributed by atoms with Gasteiger partial charge in [0.25, 0.3) is 0 Å². The Hall–Kier alpha value is -1.22. The molecule has 1 saturated carbocycles. The Labute approximate surface area is 89.9 Å². The predicted molar refractivity (Wildman–Crippen MR) is 59.2 cm³/mol. The van der Waals surface area contributed by atoms with E-state index in [1.54, 1.807) is 13.2 Å². The average Bonchev–Trinajstić information content (AvgIpc) is 2.68. The van der Waals surface area contributed by atoms with Crippen LogP contribution in [0, 0.1) is 5.41 Å². The summed E-state index contributed by atoms with van der Waals surface area (Å²) >= 11 is 0. The van der Waals surface area contributed by atoms with Crippen molar-refractivity contribution in [1.29, 1.82) is 0 Å². The number of benzene rings is 1. The van der Waals surface area contributed by atoms with Gasteiger partial charge in [0.2, 0.25) is 0 Å². The van der Waals surface area contributed by atoms with Crippen molar-refractivity contribution in [2.45, 2.75) is 25.8 Å². The Morgan fingerprint density at radius 2 is 2.00 bits per heavy atom. The van der Waals surface area contributed by atoms with Crippen LogP contribution in [0.5, 0.6) is 11.5 Å². The van der Waals surface area contributed by atoms with Gasteiger partial charge in [-0.1, -0.05) is 26.0 Å². The van der Waals surface area contributed by atoms with Crippen LogP contribution in [-0.4, -0.2) is 18.3 Å². The van der Waals surface area contributed by atoms with Crippen LogP contribution < -0.4 is 10.5 Å². The van der Waals surface area contributed by atoms with Gasteiger partial charge in [-0.15, -0.1) is 0 Å². The summed E-state index contributed by atoms with van der Waals surface area (Å²) in [4.78, 5) is 0. The third kappa shape index (κ3) is 1.38. The van der Waals surface area contributed by atoms with Gasteiger partial charge in [0, 0.05) is 17.5 Å². The normalized spacial score (nSPS) is 27.5. The SMILES string of the molecule is COc1cccc([C@H]2[C@H](N)C2(C)C)c1O. The fourth-order valence-electron chi connectivity index (χ4n) is 2.23. The predicted octanol–water partition coefficient (Wildman–Crippen LogP) is 1.85. The van der Waals surface area contributed by atoms with Gasteiger partial charge in [0.1, 0.15) is 0 Å².